The SMILES string of the molecule is COc1ccc(CC(=O)N2CCC(COc3cccc(C)c3)CC2)cc1. The first-order valence-corrected chi connectivity index (χ1v) is 9.24. The number of hydrogen-bond donors (Lipinski definition) is 0. The molecule has 0 aliphatic carbocycles. The number of carbonyl (C=O) groups excluding carboxylic acids is 1. The Morgan fingerprint density at radius 2 is 1.81 bits per heavy atom. The maximum Gasteiger partial charge on any atom is 0.226 e. The minimum Gasteiger partial charge on any atom is -0.497 e. The smallest absolute Gasteiger partial charge is 0.226 e. The monoisotopic (exact) mass is 353 g/mol. The van der Waals surface area contributed by atoms with Gasteiger partial charge in [-0.05, 0) is 61.1 Å². The molecule has 0 N–H and O–H groups in total. The Balaban J connectivity index is 1.43. The van der Waals surface area contributed by atoms with E-state index in [0.717, 1.165) is 49.6 Å². The molecule has 4 heteroatoms. The maximum absolute atomic E-state index is 12.5. The molecule has 0 bridgehead atoms. The lowest BCUT2D eigenvalue weighted by Crippen LogP contribution is -2.40. The van der Waals surface area contributed by atoms with Gasteiger partial charge < -0.3 is 14.4 Å². The Labute approximate surface area is 155 Å². The predicted molar refractivity (Wildman–Crippen MR) is 103 cm³/mol. The van der Waals surface area contributed by atoms with Crippen molar-refractivity contribution >= 4 is 5.91 Å². The summed E-state index contributed by atoms with van der Waals surface area (Å²) < 4.78 is 11.1. The third-order valence-corrected chi connectivity index (χ3v) is 4.96. The van der Waals surface area contributed by atoms with Crippen molar-refractivity contribution in [1.82, 2.24) is 4.90 Å². The van der Waals surface area contributed by atoms with Crippen molar-refractivity contribution in [3.63, 3.8) is 0 Å². The molecule has 0 aromatic heterocycles. The van der Waals surface area contributed by atoms with Crippen LogP contribution in [0.5, 0.6) is 11.5 Å². The first kappa shape index (κ1) is 18.3. The van der Waals surface area contributed by atoms with E-state index in [9.17, 15) is 4.79 Å². The van der Waals surface area contributed by atoms with Crippen LogP contribution in [0.3, 0.4) is 0 Å². The highest BCUT2D eigenvalue weighted by Crippen LogP contribution is 2.21. The molecule has 2 aromatic carbocycles. The summed E-state index contributed by atoms with van der Waals surface area (Å²) in [7, 11) is 1.65. The Hall–Kier alpha value is -2.49. The standard InChI is InChI=1S/C22H27NO3/c1-17-4-3-5-21(14-17)26-16-19-10-12-23(13-11-19)22(24)15-18-6-8-20(25-2)9-7-18/h3-9,14,19H,10-13,15-16H2,1-2H3. The highest BCUT2D eigenvalue weighted by atomic mass is 16.5. The summed E-state index contributed by atoms with van der Waals surface area (Å²) in [6.45, 7) is 4.43. The van der Waals surface area contributed by atoms with E-state index in [1.165, 1.54) is 5.56 Å². The fourth-order valence-electron chi connectivity index (χ4n) is 3.30. The molecule has 0 unspecified atom stereocenters. The van der Waals surface area contributed by atoms with Gasteiger partial charge in [0, 0.05) is 13.1 Å². The van der Waals surface area contributed by atoms with Gasteiger partial charge in [0.05, 0.1) is 20.1 Å². The lowest BCUT2D eigenvalue weighted by molar-refractivity contribution is -0.132. The van der Waals surface area contributed by atoms with Gasteiger partial charge >= 0.3 is 0 Å². The number of ether oxygens (including phenoxy) is 2. The quantitative estimate of drug-likeness (QED) is 0.791. The molecule has 1 aliphatic rings. The highest BCUT2D eigenvalue weighted by molar-refractivity contribution is 5.78. The number of benzene rings is 2. The van der Waals surface area contributed by atoms with E-state index in [2.05, 4.69) is 19.1 Å². The number of piperidine rings is 1. The molecular formula is C22H27NO3. The number of amides is 1. The van der Waals surface area contributed by atoms with Crippen LogP contribution >= 0.6 is 0 Å². The Kier molecular flexibility index (Phi) is 6.16. The fourth-order valence-corrected chi connectivity index (χ4v) is 3.30. The number of methoxy groups -OCH3 is 1. The van der Waals surface area contributed by atoms with Gasteiger partial charge in [-0.3, -0.25) is 4.79 Å². The van der Waals surface area contributed by atoms with Crippen molar-refractivity contribution in [2.75, 3.05) is 26.8 Å². The largest absolute Gasteiger partial charge is 0.497 e. The normalized spacial score (nSPS) is 14.9. The van der Waals surface area contributed by atoms with Gasteiger partial charge in [-0.25, -0.2) is 0 Å². The second-order valence-corrected chi connectivity index (χ2v) is 6.98. The summed E-state index contributed by atoms with van der Waals surface area (Å²) in [6.07, 6.45) is 2.45. The number of hydrogen-bond acceptors (Lipinski definition) is 3. The topological polar surface area (TPSA) is 38.8 Å². The molecule has 1 heterocycles. The van der Waals surface area contributed by atoms with Crippen molar-refractivity contribution in [2.24, 2.45) is 5.92 Å². The minimum atomic E-state index is 0.202. The zero-order valence-electron chi connectivity index (χ0n) is 15.6. The van der Waals surface area contributed by atoms with Crippen LogP contribution in [0.25, 0.3) is 0 Å². The molecule has 0 atom stereocenters. The van der Waals surface area contributed by atoms with Gasteiger partial charge in [0.25, 0.3) is 0 Å². The van der Waals surface area contributed by atoms with Crippen LogP contribution in [0.4, 0.5) is 0 Å². The summed E-state index contributed by atoms with van der Waals surface area (Å²) >= 11 is 0. The molecule has 1 fully saturated rings. The van der Waals surface area contributed by atoms with Crippen molar-refractivity contribution < 1.29 is 14.3 Å². The lowest BCUT2D eigenvalue weighted by atomic mass is 9.97. The first-order chi connectivity index (χ1) is 12.6. The van der Waals surface area contributed by atoms with Gasteiger partial charge in [0.2, 0.25) is 5.91 Å². The van der Waals surface area contributed by atoms with Crippen molar-refractivity contribution in [2.45, 2.75) is 26.2 Å². The maximum atomic E-state index is 12.5. The van der Waals surface area contributed by atoms with Crippen LogP contribution in [-0.4, -0.2) is 37.6 Å². The number of rotatable bonds is 6. The summed E-state index contributed by atoms with van der Waals surface area (Å²) in [5, 5.41) is 0. The Morgan fingerprint density at radius 1 is 1.08 bits per heavy atom. The predicted octanol–water partition coefficient (Wildman–Crippen LogP) is 3.86. The van der Waals surface area contributed by atoms with Crippen LogP contribution in [0, 0.1) is 12.8 Å². The molecule has 26 heavy (non-hydrogen) atoms. The molecule has 0 spiro atoms. The second kappa shape index (κ2) is 8.75. The van der Waals surface area contributed by atoms with E-state index in [4.69, 9.17) is 9.47 Å². The summed E-state index contributed by atoms with van der Waals surface area (Å²) in [6, 6.07) is 15.9. The van der Waals surface area contributed by atoms with Gasteiger partial charge in [-0.1, -0.05) is 24.3 Å². The molecule has 4 nitrogen and oxygen atoms in total. The van der Waals surface area contributed by atoms with Crippen LogP contribution < -0.4 is 9.47 Å². The van der Waals surface area contributed by atoms with Crippen LogP contribution in [0.1, 0.15) is 24.0 Å². The van der Waals surface area contributed by atoms with Gasteiger partial charge in [-0.15, -0.1) is 0 Å². The molecule has 1 aliphatic heterocycles. The Bertz CT molecular complexity index is 718. The first-order valence-electron chi connectivity index (χ1n) is 9.24. The highest BCUT2D eigenvalue weighted by Gasteiger charge is 2.23. The zero-order valence-corrected chi connectivity index (χ0v) is 15.6. The van der Waals surface area contributed by atoms with Gasteiger partial charge in [0.15, 0.2) is 0 Å². The molecule has 1 amide bonds. The van der Waals surface area contributed by atoms with E-state index >= 15 is 0 Å². The van der Waals surface area contributed by atoms with Gasteiger partial charge in [-0.2, -0.15) is 0 Å². The van der Waals surface area contributed by atoms with E-state index in [1.54, 1.807) is 7.11 Å². The van der Waals surface area contributed by atoms with Crippen molar-refractivity contribution in [1.29, 1.82) is 0 Å². The van der Waals surface area contributed by atoms with Crippen LogP contribution in [0.15, 0.2) is 48.5 Å². The minimum absolute atomic E-state index is 0.202. The van der Waals surface area contributed by atoms with Crippen molar-refractivity contribution in [3.8, 4) is 11.5 Å². The van der Waals surface area contributed by atoms with Crippen molar-refractivity contribution in [3.05, 3.63) is 59.7 Å². The third-order valence-electron chi connectivity index (χ3n) is 4.96. The summed E-state index contributed by atoms with van der Waals surface area (Å²) in [5.41, 5.74) is 2.24. The lowest BCUT2D eigenvalue weighted by Gasteiger charge is -2.32. The molecule has 138 valence electrons. The summed E-state index contributed by atoms with van der Waals surface area (Å²) in [4.78, 5) is 14.5. The average Bonchev–Trinajstić information content (AvgIpc) is 2.67. The molecular weight excluding hydrogens is 326 g/mol. The molecule has 2 aromatic rings. The molecule has 3 rings (SSSR count). The fraction of sp³-hybridized carbons (Fsp3) is 0.409. The van der Waals surface area contributed by atoms with E-state index < -0.39 is 0 Å². The average molecular weight is 353 g/mol. The number of nitrogens with zero attached hydrogens (tertiary/aromatic N) is 1. The summed E-state index contributed by atoms with van der Waals surface area (Å²) in [5.74, 6) is 2.47. The molecule has 0 radical (unpaired) electrons. The molecule has 1 saturated heterocycles. The van der Waals surface area contributed by atoms with Crippen LogP contribution in [-0.2, 0) is 11.2 Å². The zero-order chi connectivity index (χ0) is 18.4. The van der Waals surface area contributed by atoms with E-state index in [1.807, 2.05) is 41.3 Å². The Morgan fingerprint density at radius 3 is 2.46 bits per heavy atom. The second-order valence-electron chi connectivity index (χ2n) is 6.98. The van der Waals surface area contributed by atoms with E-state index in [0.29, 0.717) is 12.3 Å². The van der Waals surface area contributed by atoms with Crippen LogP contribution in [0.2, 0.25) is 0 Å². The number of aryl methyl sites for hydroxylation is 1. The third kappa shape index (κ3) is 5.01. The molecule has 0 saturated carbocycles. The van der Waals surface area contributed by atoms with Gasteiger partial charge in [0.1, 0.15) is 11.5 Å². The van der Waals surface area contributed by atoms with E-state index in [-0.39, 0.29) is 5.91 Å². The number of carbonyl (C=O) groups is 1. The number of likely N-dealkylation sites (tertiary alicyclic amines) is 1.